The lowest BCUT2D eigenvalue weighted by Gasteiger charge is -2.26. The summed E-state index contributed by atoms with van der Waals surface area (Å²) in [6.45, 7) is 1.40. The standard InChI is InChI=1S/C21H23F3N4O4/c22-21(23,24)28-11-15-9-17(3-2-13(15)8-14(19(28)31)10-18(29)30)32-7-4-16-12-27-6-1-5-25-20(27)26-16/h2-3,9,12,14H,1,4-8,10-11H2,(H,25,26)(H,29,30)/t14-/m0/s1. The van der Waals surface area contributed by atoms with E-state index in [1.165, 1.54) is 6.07 Å². The van der Waals surface area contributed by atoms with Crippen molar-refractivity contribution in [2.24, 2.45) is 5.92 Å². The van der Waals surface area contributed by atoms with Gasteiger partial charge in [-0.1, -0.05) is 6.07 Å². The number of aromatic nitrogens is 2. The summed E-state index contributed by atoms with van der Waals surface area (Å²) in [5.41, 5.74) is 1.66. The lowest BCUT2D eigenvalue weighted by molar-refractivity contribution is -0.245. The molecule has 1 atom stereocenters. The molecule has 1 aromatic heterocycles. The zero-order valence-electron chi connectivity index (χ0n) is 17.2. The quantitative estimate of drug-likeness (QED) is 0.655. The van der Waals surface area contributed by atoms with E-state index in [1.54, 1.807) is 12.1 Å². The molecule has 4 rings (SSSR count). The van der Waals surface area contributed by atoms with Gasteiger partial charge in [0.15, 0.2) is 0 Å². The molecule has 0 saturated heterocycles. The Hall–Kier alpha value is -3.24. The Labute approximate surface area is 182 Å². The summed E-state index contributed by atoms with van der Waals surface area (Å²) in [5, 5.41) is 12.2. The van der Waals surface area contributed by atoms with Crippen LogP contribution < -0.4 is 10.1 Å². The maximum Gasteiger partial charge on any atom is 0.487 e. The van der Waals surface area contributed by atoms with Crippen LogP contribution in [-0.2, 0) is 35.5 Å². The third-order valence-corrected chi connectivity index (χ3v) is 5.63. The van der Waals surface area contributed by atoms with Crippen molar-refractivity contribution in [3.8, 4) is 5.75 Å². The number of halogens is 3. The molecule has 1 amide bonds. The van der Waals surface area contributed by atoms with Crippen molar-refractivity contribution in [1.29, 1.82) is 0 Å². The van der Waals surface area contributed by atoms with Crippen LogP contribution in [0.5, 0.6) is 5.75 Å². The highest BCUT2D eigenvalue weighted by atomic mass is 19.4. The largest absolute Gasteiger partial charge is 0.493 e. The minimum absolute atomic E-state index is 0.0689. The van der Waals surface area contributed by atoms with E-state index in [2.05, 4.69) is 10.3 Å². The highest BCUT2D eigenvalue weighted by molar-refractivity contribution is 5.84. The molecule has 3 heterocycles. The summed E-state index contributed by atoms with van der Waals surface area (Å²) in [6, 6.07) is 4.72. The van der Waals surface area contributed by atoms with Crippen molar-refractivity contribution in [2.45, 2.75) is 45.1 Å². The second-order valence-corrected chi connectivity index (χ2v) is 7.95. The molecule has 8 nitrogen and oxygen atoms in total. The van der Waals surface area contributed by atoms with Crippen LogP contribution in [0.1, 0.15) is 29.7 Å². The van der Waals surface area contributed by atoms with Gasteiger partial charge in [0.1, 0.15) is 5.75 Å². The summed E-state index contributed by atoms with van der Waals surface area (Å²) in [5.74, 6) is -2.61. The molecule has 0 bridgehead atoms. The van der Waals surface area contributed by atoms with Gasteiger partial charge in [-0.05, 0) is 36.1 Å². The number of carbonyl (C=O) groups is 2. The number of aryl methyl sites for hydroxylation is 1. The maximum absolute atomic E-state index is 13.5. The number of carbonyl (C=O) groups excluding carboxylic acids is 1. The van der Waals surface area contributed by atoms with Gasteiger partial charge in [-0.2, -0.15) is 0 Å². The van der Waals surface area contributed by atoms with Gasteiger partial charge in [0.25, 0.3) is 0 Å². The summed E-state index contributed by atoms with van der Waals surface area (Å²) in [4.78, 5) is 27.7. The molecule has 172 valence electrons. The smallest absolute Gasteiger partial charge is 0.487 e. The molecule has 0 aliphatic carbocycles. The summed E-state index contributed by atoms with van der Waals surface area (Å²) in [7, 11) is 0. The Balaban J connectivity index is 1.47. The predicted octanol–water partition coefficient (Wildman–Crippen LogP) is 2.82. The average Bonchev–Trinajstić information content (AvgIpc) is 3.08. The number of nitrogens with zero attached hydrogens (tertiary/aromatic N) is 3. The van der Waals surface area contributed by atoms with E-state index in [9.17, 15) is 22.8 Å². The number of benzene rings is 1. The number of imidazole rings is 1. The third kappa shape index (κ3) is 4.81. The van der Waals surface area contributed by atoms with Gasteiger partial charge in [-0.25, -0.2) is 9.88 Å². The first-order valence-corrected chi connectivity index (χ1v) is 10.3. The Bertz CT molecular complexity index is 997. The number of hydrogen-bond acceptors (Lipinski definition) is 5. The molecule has 32 heavy (non-hydrogen) atoms. The number of alkyl halides is 3. The van der Waals surface area contributed by atoms with E-state index in [0.29, 0.717) is 29.9 Å². The van der Waals surface area contributed by atoms with Gasteiger partial charge in [0, 0.05) is 25.7 Å². The number of ether oxygens (including phenoxy) is 1. The molecule has 0 radical (unpaired) electrons. The van der Waals surface area contributed by atoms with Crippen molar-refractivity contribution >= 4 is 17.8 Å². The summed E-state index contributed by atoms with van der Waals surface area (Å²) in [6.07, 6.45) is -2.11. The van der Waals surface area contributed by atoms with Gasteiger partial charge in [-0.15, -0.1) is 13.2 Å². The fourth-order valence-corrected chi connectivity index (χ4v) is 4.07. The minimum Gasteiger partial charge on any atom is -0.493 e. The van der Waals surface area contributed by atoms with Crippen molar-refractivity contribution in [2.75, 3.05) is 18.5 Å². The fourth-order valence-electron chi connectivity index (χ4n) is 4.07. The summed E-state index contributed by atoms with van der Waals surface area (Å²) < 4.78 is 48.2. The normalized spacial score (nSPS) is 18.4. The zero-order valence-corrected chi connectivity index (χ0v) is 17.2. The SMILES string of the molecule is O=C(O)C[C@@H]1Cc2ccc(OCCc3cn4c(n3)NCCC4)cc2CN(C(F)(F)F)C1=O. The van der Waals surface area contributed by atoms with Gasteiger partial charge in [-0.3, -0.25) is 9.59 Å². The lowest BCUT2D eigenvalue weighted by atomic mass is 9.94. The molecule has 2 aliphatic heterocycles. The second kappa shape index (κ2) is 8.71. The Morgan fingerprint density at radius 2 is 2.12 bits per heavy atom. The number of anilines is 1. The molecule has 0 unspecified atom stereocenters. The number of carboxylic acids is 1. The number of rotatable bonds is 6. The molecule has 2 N–H and O–H groups in total. The molecule has 2 aliphatic rings. The maximum atomic E-state index is 13.5. The van der Waals surface area contributed by atoms with Crippen LogP contribution in [0.15, 0.2) is 24.4 Å². The first kappa shape index (κ1) is 22.0. The number of hydrogen-bond donors (Lipinski definition) is 2. The van der Waals surface area contributed by atoms with E-state index < -0.39 is 37.1 Å². The van der Waals surface area contributed by atoms with Crippen LogP contribution in [0, 0.1) is 5.92 Å². The third-order valence-electron chi connectivity index (χ3n) is 5.63. The number of aliphatic carboxylic acids is 1. The van der Waals surface area contributed by atoms with Gasteiger partial charge in [0.05, 0.1) is 31.2 Å². The van der Waals surface area contributed by atoms with Gasteiger partial charge < -0.3 is 19.7 Å². The molecular weight excluding hydrogens is 429 g/mol. The van der Waals surface area contributed by atoms with E-state index in [4.69, 9.17) is 9.84 Å². The van der Waals surface area contributed by atoms with E-state index in [0.717, 1.165) is 31.2 Å². The fraction of sp³-hybridized carbons (Fsp3) is 0.476. The molecular formula is C21H23F3N4O4. The van der Waals surface area contributed by atoms with Crippen LogP contribution in [0.25, 0.3) is 0 Å². The molecule has 1 aromatic carbocycles. The molecule has 11 heteroatoms. The zero-order chi connectivity index (χ0) is 22.9. The predicted molar refractivity (Wildman–Crippen MR) is 107 cm³/mol. The lowest BCUT2D eigenvalue weighted by Crippen LogP contribution is -2.44. The van der Waals surface area contributed by atoms with Crippen molar-refractivity contribution in [3.05, 3.63) is 41.2 Å². The topological polar surface area (TPSA) is 96.7 Å². The van der Waals surface area contributed by atoms with E-state index in [-0.39, 0.29) is 11.3 Å². The number of nitrogens with one attached hydrogen (secondary N) is 1. The van der Waals surface area contributed by atoms with Crippen LogP contribution in [0.3, 0.4) is 0 Å². The van der Waals surface area contributed by atoms with Crippen molar-refractivity contribution in [1.82, 2.24) is 14.5 Å². The van der Waals surface area contributed by atoms with Gasteiger partial charge in [0.2, 0.25) is 11.9 Å². The number of fused-ring (bicyclic) bond motifs is 2. The summed E-state index contributed by atoms with van der Waals surface area (Å²) >= 11 is 0. The minimum atomic E-state index is -4.90. The number of carboxylic acid groups (broad SMARTS) is 1. The van der Waals surface area contributed by atoms with E-state index >= 15 is 0 Å². The first-order chi connectivity index (χ1) is 15.2. The van der Waals surface area contributed by atoms with Crippen LogP contribution in [-0.4, -0.2) is 50.9 Å². The van der Waals surface area contributed by atoms with Crippen LogP contribution in [0.4, 0.5) is 19.1 Å². The highest BCUT2D eigenvalue weighted by Crippen LogP contribution is 2.33. The van der Waals surface area contributed by atoms with E-state index in [1.807, 2.05) is 10.8 Å². The Morgan fingerprint density at radius 3 is 2.84 bits per heavy atom. The molecule has 0 spiro atoms. The Morgan fingerprint density at radius 1 is 1.31 bits per heavy atom. The molecule has 0 fully saturated rings. The molecule has 0 saturated carbocycles. The first-order valence-electron chi connectivity index (χ1n) is 10.3. The number of amides is 1. The Kier molecular flexibility index (Phi) is 5.98. The van der Waals surface area contributed by atoms with Gasteiger partial charge >= 0.3 is 12.3 Å². The van der Waals surface area contributed by atoms with Crippen LogP contribution >= 0.6 is 0 Å². The average molecular weight is 452 g/mol. The monoisotopic (exact) mass is 452 g/mol. The molecule has 2 aromatic rings. The van der Waals surface area contributed by atoms with Crippen LogP contribution in [0.2, 0.25) is 0 Å². The van der Waals surface area contributed by atoms with Crippen molar-refractivity contribution < 1.29 is 32.6 Å². The highest BCUT2D eigenvalue weighted by Gasteiger charge is 2.45. The van der Waals surface area contributed by atoms with Crippen molar-refractivity contribution in [3.63, 3.8) is 0 Å². The second-order valence-electron chi connectivity index (χ2n) is 7.95.